The van der Waals surface area contributed by atoms with Crippen molar-refractivity contribution in [2.75, 3.05) is 19.7 Å². The van der Waals surface area contributed by atoms with Gasteiger partial charge in [0.15, 0.2) is 0 Å². The first-order chi connectivity index (χ1) is 8.27. The summed E-state index contributed by atoms with van der Waals surface area (Å²) in [6.45, 7) is 2.30. The molecule has 0 N–H and O–H groups in total. The average molecular weight is 298 g/mol. The first kappa shape index (κ1) is 12.4. The molecule has 1 aromatic carbocycles. The van der Waals surface area contributed by atoms with Crippen LogP contribution in [0.15, 0.2) is 30.3 Å². The second-order valence-electron chi connectivity index (χ2n) is 4.10. The number of halogens is 1. The first-order valence-electron chi connectivity index (χ1n) is 5.88. The number of benzene rings is 1. The van der Waals surface area contributed by atoms with Crippen molar-refractivity contribution < 1.29 is 9.53 Å². The van der Waals surface area contributed by atoms with Crippen molar-refractivity contribution in [3.05, 3.63) is 30.3 Å². The Morgan fingerprint density at radius 3 is 2.76 bits per heavy atom. The zero-order valence-electron chi connectivity index (χ0n) is 9.64. The molecule has 0 aliphatic carbocycles. The van der Waals surface area contributed by atoms with E-state index in [0.717, 1.165) is 31.7 Å². The van der Waals surface area contributed by atoms with Gasteiger partial charge in [-0.3, -0.25) is 4.79 Å². The Kier molecular flexibility index (Phi) is 4.42. The molecule has 1 saturated heterocycles. The molecule has 4 heteroatoms. The van der Waals surface area contributed by atoms with Gasteiger partial charge in [0.1, 0.15) is 5.75 Å². The van der Waals surface area contributed by atoms with Crippen LogP contribution in [0.3, 0.4) is 0 Å². The van der Waals surface area contributed by atoms with Gasteiger partial charge in [-0.25, -0.2) is 0 Å². The Morgan fingerprint density at radius 1 is 1.35 bits per heavy atom. The third-order valence-electron chi connectivity index (χ3n) is 2.82. The summed E-state index contributed by atoms with van der Waals surface area (Å²) < 4.78 is 5.58. The highest BCUT2D eigenvalue weighted by Gasteiger charge is 2.28. The van der Waals surface area contributed by atoms with Crippen LogP contribution in [0, 0.1) is 0 Å². The number of rotatable bonds is 5. The van der Waals surface area contributed by atoms with Gasteiger partial charge in [0.2, 0.25) is 5.91 Å². The van der Waals surface area contributed by atoms with Gasteiger partial charge < -0.3 is 9.64 Å². The second kappa shape index (κ2) is 6.05. The monoisotopic (exact) mass is 297 g/mol. The molecule has 1 amide bonds. The summed E-state index contributed by atoms with van der Waals surface area (Å²) in [5.74, 6) is 1.10. The molecule has 0 bridgehead atoms. The topological polar surface area (TPSA) is 29.5 Å². The third-order valence-corrected chi connectivity index (χ3v) is 3.67. The van der Waals surface area contributed by atoms with Gasteiger partial charge in [-0.05, 0) is 25.0 Å². The molecule has 1 aliphatic heterocycles. The molecule has 0 saturated carbocycles. The Balaban J connectivity index is 1.65. The van der Waals surface area contributed by atoms with Gasteiger partial charge in [-0.15, -0.1) is 0 Å². The fraction of sp³-hybridized carbons (Fsp3) is 0.462. The Hall–Kier alpha value is -1.03. The van der Waals surface area contributed by atoms with Crippen LogP contribution in [0.25, 0.3) is 0 Å². The molecule has 0 radical (unpaired) electrons. The van der Waals surface area contributed by atoms with Crippen molar-refractivity contribution in [1.82, 2.24) is 4.90 Å². The number of carbonyl (C=O) groups is 1. The van der Waals surface area contributed by atoms with E-state index in [1.165, 1.54) is 0 Å². The number of hydrogen-bond acceptors (Lipinski definition) is 2. The summed E-state index contributed by atoms with van der Waals surface area (Å²) in [6, 6.07) is 9.75. The van der Waals surface area contributed by atoms with Crippen LogP contribution >= 0.6 is 15.9 Å². The molecule has 3 nitrogen and oxygen atoms in total. The van der Waals surface area contributed by atoms with Crippen LogP contribution in [-0.4, -0.2) is 35.3 Å². The van der Waals surface area contributed by atoms with Crippen LogP contribution in [0.4, 0.5) is 0 Å². The van der Waals surface area contributed by atoms with E-state index >= 15 is 0 Å². The predicted octanol–water partition coefficient (Wildman–Crippen LogP) is 2.45. The van der Waals surface area contributed by atoms with Gasteiger partial charge in [0, 0.05) is 13.1 Å². The summed E-state index contributed by atoms with van der Waals surface area (Å²) in [6.07, 6.45) is 1.79. The SMILES string of the molecule is O=C1C(Br)CCN1CCCOc1ccccc1. The van der Waals surface area contributed by atoms with Crippen LogP contribution in [0.2, 0.25) is 0 Å². The Bertz CT molecular complexity index is 369. The van der Waals surface area contributed by atoms with E-state index < -0.39 is 0 Å². The fourth-order valence-corrected chi connectivity index (χ4v) is 2.38. The third kappa shape index (κ3) is 3.46. The minimum absolute atomic E-state index is 0.0255. The van der Waals surface area contributed by atoms with Crippen molar-refractivity contribution in [3.8, 4) is 5.75 Å². The van der Waals surface area contributed by atoms with E-state index in [1.807, 2.05) is 35.2 Å². The number of nitrogens with zero attached hydrogens (tertiary/aromatic N) is 1. The lowest BCUT2D eigenvalue weighted by Gasteiger charge is -2.15. The molecular formula is C13H16BrNO2. The average Bonchev–Trinajstić information content (AvgIpc) is 2.67. The van der Waals surface area contributed by atoms with Crippen molar-refractivity contribution in [2.45, 2.75) is 17.7 Å². The van der Waals surface area contributed by atoms with Gasteiger partial charge in [-0.2, -0.15) is 0 Å². The number of carbonyl (C=O) groups excluding carboxylic acids is 1. The molecule has 1 aromatic rings. The molecule has 1 heterocycles. The lowest BCUT2D eigenvalue weighted by molar-refractivity contribution is -0.127. The molecule has 17 heavy (non-hydrogen) atoms. The second-order valence-corrected chi connectivity index (χ2v) is 5.20. The highest BCUT2D eigenvalue weighted by Crippen LogP contribution is 2.18. The highest BCUT2D eigenvalue weighted by molar-refractivity contribution is 9.10. The number of para-hydroxylation sites is 1. The number of alkyl halides is 1. The lowest BCUT2D eigenvalue weighted by atomic mass is 10.3. The van der Waals surface area contributed by atoms with Crippen LogP contribution in [0.5, 0.6) is 5.75 Å². The number of ether oxygens (including phenoxy) is 1. The molecule has 1 fully saturated rings. The molecule has 92 valence electrons. The van der Waals surface area contributed by atoms with E-state index in [1.54, 1.807) is 0 Å². The van der Waals surface area contributed by atoms with Gasteiger partial charge in [0.05, 0.1) is 11.4 Å². The number of amides is 1. The summed E-state index contributed by atoms with van der Waals surface area (Å²) >= 11 is 3.37. The van der Waals surface area contributed by atoms with Crippen molar-refractivity contribution in [1.29, 1.82) is 0 Å². The molecule has 0 spiro atoms. The molecule has 1 aliphatic rings. The van der Waals surface area contributed by atoms with Crippen LogP contribution < -0.4 is 4.74 Å². The molecule has 0 aromatic heterocycles. The quantitative estimate of drug-likeness (QED) is 0.617. The van der Waals surface area contributed by atoms with Gasteiger partial charge >= 0.3 is 0 Å². The fourth-order valence-electron chi connectivity index (χ4n) is 1.89. The van der Waals surface area contributed by atoms with E-state index in [4.69, 9.17) is 4.74 Å². The maximum Gasteiger partial charge on any atom is 0.236 e. The lowest BCUT2D eigenvalue weighted by Crippen LogP contribution is -2.29. The molecule has 1 atom stereocenters. The van der Waals surface area contributed by atoms with E-state index in [9.17, 15) is 4.79 Å². The Labute approximate surface area is 110 Å². The standard InChI is InChI=1S/C13H16BrNO2/c14-12-7-9-15(13(12)16)8-4-10-17-11-5-2-1-3-6-11/h1-3,5-6,12H,4,7-10H2. The van der Waals surface area contributed by atoms with Gasteiger partial charge in [-0.1, -0.05) is 34.1 Å². The number of hydrogen-bond donors (Lipinski definition) is 0. The molecular weight excluding hydrogens is 282 g/mol. The zero-order valence-corrected chi connectivity index (χ0v) is 11.2. The smallest absolute Gasteiger partial charge is 0.236 e. The summed E-state index contributed by atoms with van der Waals surface area (Å²) in [4.78, 5) is 13.5. The van der Waals surface area contributed by atoms with Crippen molar-refractivity contribution in [2.24, 2.45) is 0 Å². The molecule has 2 rings (SSSR count). The predicted molar refractivity (Wildman–Crippen MR) is 70.5 cm³/mol. The summed E-state index contributed by atoms with van der Waals surface area (Å²) in [5.41, 5.74) is 0. The summed E-state index contributed by atoms with van der Waals surface area (Å²) in [5, 5.41) is 0. The van der Waals surface area contributed by atoms with E-state index in [0.29, 0.717) is 6.61 Å². The maximum atomic E-state index is 11.6. The maximum absolute atomic E-state index is 11.6. The van der Waals surface area contributed by atoms with Gasteiger partial charge in [0.25, 0.3) is 0 Å². The van der Waals surface area contributed by atoms with Crippen molar-refractivity contribution >= 4 is 21.8 Å². The normalized spacial score (nSPS) is 19.7. The number of likely N-dealkylation sites (tertiary alicyclic amines) is 1. The van der Waals surface area contributed by atoms with Crippen molar-refractivity contribution in [3.63, 3.8) is 0 Å². The Morgan fingerprint density at radius 2 is 2.12 bits per heavy atom. The minimum Gasteiger partial charge on any atom is -0.494 e. The van der Waals surface area contributed by atoms with Crippen LogP contribution in [-0.2, 0) is 4.79 Å². The van der Waals surface area contributed by atoms with Crippen LogP contribution in [0.1, 0.15) is 12.8 Å². The summed E-state index contributed by atoms with van der Waals surface area (Å²) in [7, 11) is 0. The minimum atomic E-state index is 0.0255. The largest absolute Gasteiger partial charge is 0.494 e. The van der Waals surface area contributed by atoms with E-state index in [2.05, 4.69) is 15.9 Å². The molecule has 1 unspecified atom stereocenters. The first-order valence-corrected chi connectivity index (χ1v) is 6.79. The van der Waals surface area contributed by atoms with E-state index in [-0.39, 0.29) is 10.7 Å². The zero-order chi connectivity index (χ0) is 12.1. The highest BCUT2D eigenvalue weighted by atomic mass is 79.9.